The molecule has 2 aromatic rings. The maximum absolute atomic E-state index is 13.1. The first-order chi connectivity index (χ1) is 15.9. The van der Waals surface area contributed by atoms with Crippen molar-refractivity contribution >= 4 is 28.4 Å². The second kappa shape index (κ2) is 13.2. The van der Waals surface area contributed by atoms with Crippen molar-refractivity contribution in [2.75, 3.05) is 40.8 Å². The Balaban J connectivity index is 0.00000408. The number of nitrogens with zero attached hydrogens (tertiary/aromatic N) is 2. The predicted molar refractivity (Wildman–Crippen MR) is 136 cm³/mol. The smallest absolute Gasteiger partial charge is 0.308 e. The van der Waals surface area contributed by atoms with Gasteiger partial charge in [-0.3, -0.25) is 9.69 Å². The monoisotopic (exact) mass is 509 g/mol. The quantitative estimate of drug-likeness (QED) is 0.495. The first-order valence-electron chi connectivity index (χ1n) is 11.4. The standard InChI is InChI=1S/C25H35N3O4S.ClH/c1-26-24-18-21(25(29)32-3)14-16-28(24)17-15-22(20-10-6-4-7-11-20)19-27(2)33(30,31)23-12-8-5-9-13-23;/h4-13,21-22,24,26H,14-19H2,1-3H3;1H/t21-,22?,24+;/m0./s1. The van der Waals surface area contributed by atoms with Crippen LogP contribution >= 0.6 is 12.4 Å². The first kappa shape index (κ1) is 28.3. The third-order valence-electron chi connectivity index (χ3n) is 6.55. The van der Waals surface area contributed by atoms with Gasteiger partial charge < -0.3 is 10.1 Å². The van der Waals surface area contributed by atoms with Crippen molar-refractivity contribution in [3.63, 3.8) is 0 Å². The molecule has 1 unspecified atom stereocenters. The summed E-state index contributed by atoms with van der Waals surface area (Å²) in [6.45, 7) is 1.99. The van der Waals surface area contributed by atoms with E-state index in [1.165, 1.54) is 11.4 Å². The summed E-state index contributed by atoms with van der Waals surface area (Å²) in [5, 5.41) is 3.32. The van der Waals surface area contributed by atoms with E-state index in [2.05, 4.69) is 22.3 Å². The van der Waals surface area contributed by atoms with E-state index in [1.54, 1.807) is 31.3 Å². The van der Waals surface area contributed by atoms with Crippen LogP contribution in [-0.4, -0.2) is 70.6 Å². The van der Waals surface area contributed by atoms with Gasteiger partial charge in [-0.1, -0.05) is 48.5 Å². The molecule has 3 rings (SSSR count). The van der Waals surface area contributed by atoms with Crippen molar-refractivity contribution in [1.82, 2.24) is 14.5 Å². The highest BCUT2D eigenvalue weighted by molar-refractivity contribution is 7.89. The maximum atomic E-state index is 13.1. The van der Waals surface area contributed by atoms with Gasteiger partial charge in [0, 0.05) is 26.7 Å². The van der Waals surface area contributed by atoms with Crippen molar-refractivity contribution < 1.29 is 17.9 Å². The van der Waals surface area contributed by atoms with E-state index in [-0.39, 0.29) is 36.4 Å². The summed E-state index contributed by atoms with van der Waals surface area (Å²) in [5.74, 6) is -0.189. The fourth-order valence-corrected chi connectivity index (χ4v) is 5.79. The second-order valence-corrected chi connectivity index (χ2v) is 10.6. The number of rotatable bonds is 10. The van der Waals surface area contributed by atoms with Gasteiger partial charge in [-0.05, 0) is 49.9 Å². The number of esters is 1. The average Bonchev–Trinajstić information content (AvgIpc) is 2.86. The molecule has 0 aromatic heterocycles. The number of hydrogen-bond acceptors (Lipinski definition) is 6. The number of carbonyl (C=O) groups is 1. The van der Waals surface area contributed by atoms with E-state index < -0.39 is 10.0 Å². The number of piperidine rings is 1. The van der Waals surface area contributed by atoms with Crippen molar-refractivity contribution in [3.8, 4) is 0 Å². The Morgan fingerprint density at radius 1 is 1.15 bits per heavy atom. The lowest BCUT2D eigenvalue weighted by atomic mass is 9.92. The summed E-state index contributed by atoms with van der Waals surface area (Å²) >= 11 is 0. The van der Waals surface area contributed by atoms with E-state index in [0.29, 0.717) is 17.9 Å². The molecular weight excluding hydrogens is 474 g/mol. The zero-order valence-electron chi connectivity index (χ0n) is 20.1. The number of methoxy groups -OCH3 is 1. The minimum absolute atomic E-state index is 0. The van der Waals surface area contributed by atoms with E-state index in [9.17, 15) is 13.2 Å². The molecule has 1 heterocycles. The Morgan fingerprint density at radius 3 is 2.35 bits per heavy atom. The minimum atomic E-state index is -3.56. The lowest BCUT2D eigenvalue weighted by Gasteiger charge is -2.39. The number of likely N-dealkylation sites (N-methyl/N-ethyl adjacent to an activating group) is 1. The topological polar surface area (TPSA) is 79.0 Å². The first-order valence-corrected chi connectivity index (χ1v) is 12.9. The predicted octanol–water partition coefficient (Wildman–Crippen LogP) is 3.33. The molecular formula is C25H36ClN3O4S. The van der Waals surface area contributed by atoms with Crippen LogP contribution in [0.3, 0.4) is 0 Å². The van der Waals surface area contributed by atoms with Gasteiger partial charge in [-0.25, -0.2) is 12.7 Å². The van der Waals surface area contributed by atoms with Crippen LogP contribution in [0.1, 0.15) is 30.7 Å². The van der Waals surface area contributed by atoms with Crippen LogP contribution in [-0.2, 0) is 19.6 Å². The minimum Gasteiger partial charge on any atom is -0.469 e. The molecule has 1 saturated heterocycles. The number of nitrogens with one attached hydrogen (secondary N) is 1. The van der Waals surface area contributed by atoms with Crippen molar-refractivity contribution in [3.05, 3.63) is 66.2 Å². The van der Waals surface area contributed by atoms with Gasteiger partial charge in [0.15, 0.2) is 0 Å². The lowest BCUT2D eigenvalue weighted by Crippen LogP contribution is -2.51. The number of hydrogen-bond donors (Lipinski definition) is 1. The van der Waals surface area contributed by atoms with Crippen LogP contribution in [0.2, 0.25) is 0 Å². The second-order valence-electron chi connectivity index (χ2n) is 8.58. The van der Waals surface area contributed by atoms with E-state index in [4.69, 9.17) is 4.74 Å². The summed E-state index contributed by atoms with van der Waals surface area (Å²) < 4.78 is 32.6. The van der Waals surface area contributed by atoms with Crippen LogP contribution < -0.4 is 5.32 Å². The van der Waals surface area contributed by atoms with Crippen LogP contribution in [0, 0.1) is 5.92 Å². The van der Waals surface area contributed by atoms with E-state index >= 15 is 0 Å². The van der Waals surface area contributed by atoms with Gasteiger partial charge >= 0.3 is 5.97 Å². The summed E-state index contributed by atoms with van der Waals surface area (Å²) in [4.78, 5) is 14.6. The molecule has 1 aliphatic heterocycles. The third-order valence-corrected chi connectivity index (χ3v) is 8.38. The Kier molecular flexibility index (Phi) is 11.0. The molecule has 0 radical (unpaired) electrons. The van der Waals surface area contributed by atoms with Gasteiger partial charge in [0.05, 0.1) is 24.1 Å². The van der Waals surface area contributed by atoms with Crippen LogP contribution in [0.4, 0.5) is 0 Å². The average molecular weight is 510 g/mol. The largest absolute Gasteiger partial charge is 0.469 e. The van der Waals surface area contributed by atoms with Gasteiger partial charge in [0.2, 0.25) is 10.0 Å². The number of likely N-dealkylation sites (tertiary alicyclic amines) is 1. The van der Waals surface area contributed by atoms with E-state index in [1.807, 2.05) is 31.3 Å². The summed E-state index contributed by atoms with van der Waals surface area (Å²) in [7, 11) is 1.43. The number of carbonyl (C=O) groups excluding carboxylic acids is 1. The lowest BCUT2D eigenvalue weighted by molar-refractivity contribution is -0.148. The Labute approximate surface area is 209 Å². The van der Waals surface area contributed by atoms with E-state index in [0.717, 1.165) is 31.5 Å². The van der Waals surface area contributed by atoms with Crippen molar-refractivity contribution in [1.29, 1.82) is 0 Å². The molecule has 0 amide bonds. The Hall–Kier alpha value is -1.97. The van der Waals surface area contributed by atoms with Gasteiger partial charge in [0.25, 0.3) is 0 Å². The van der Waals surface area contributed by atoms with Crippen LogP contribution in [0.25, 0.3) is 0 Å². The molecule has 0 saturated carbocycles. The fraction of sp³-hybridized carbons (Fsp3) is 0.480. The Morgan fingerprint density at radius 2 is 1.76 bits per heavy atom. The molecule has 9 heteroatoms. The highest BCUT2D eigenvalue weighted by atomic mass is 35.5. The molecule has 0 bridgehead atoms. The number of sulfonamides is 1. The van der Waals surface area contributed by atoms with Crippen LogP contribution in [0.5, 0.6) is 0 Å². The maximum Gasteiger partial charge on any atom is 0.308 e. The molecule has 1 fully saturated rings. The molecule has 7 nitrogen and oxygen atoms in total. The van der Waals surface area contributed by atoms with Gasteiger partial charge in [-0.15, -0.1) is 12.4 Å². The molecule has 2 aromatic carbocycles. The summed E-state index contributed by atoms with van der Waals surface area (Å²) in [6.07, 6.45) is 2.37. The molecule has 1 aliphatic rings. The normalized spacial score (nSPS) is 19.9. The number of ether oxygens (including phenoxy) is 1. The summed E-state index contributed by atoms with van der Waals surface area (Å²) in [5.41, 5.74) is 1.12. The number of halogens is 1. The highest BCUT2D eigenvalue weighted by Crippen LogP contribution is 2.27. The molecule has 188 valence electrons. The zero-order valence-corrected chi connectivity index (χ0v) is 21.7. The highest BCUT2D eigenvalue weighted by Gasteiger charge is 2.32. The Bertz CT molecular complexity index is 992. The van der Waals surface area contributed by atoms with Crippen LogP contribution in [0.15, 0.2) is 65.6 Å². The third kappa shape index (κ3) is 7.02. The van der Waals surface area contributed by atoms with Crippen molar-refractivity contribution in [2.45, 2.75) is 36.2 Å². The molecule has 0 spiro atoms. The zero-order chi connectivity index (χ0) is 23.8. The molecule has 1 N–H and O–H groups in total. The molecule has 0 aliphatic carbocycles. The number of benzene rings is 2. The molecule has 3 atom stereocenters. The van der Waals surface area contributed by atoms with Gasteiger partial charge in [0.1, 0.15) is 0 Å². The van der Waals surface area contributed by atoms with Crippen molar-refractivity contribution in [2.24, 2.45) is 5.92 Å². The van der Waals surface area contributed by atoms with Gasteiger partial charge in [-0.2, -0.15) is 0 Å². The fourth-order valence-electron chi connectivity index (χ4n) is 4.55. The molecule has 34 heavy (non-hydrogen) atoms. The SMILES string of the molecule is CN[C@H]1C[C@@H](C(=O)OC)CCN1CCC(CN(C)S(=O)(=O)c1ccccc1)c1ccccc1.Cl. The summed E-state index contributed by atoms with van der Waals surface area (Å²) in [6, 6.07) is 18.6.